The van der Waals surface area contributed by atoms with Gasteiger partial charge in [0, 0.05) is 42.1 Å². The van der Waals surface area contributed by atoms with Gasteiger partial charge >= 0.3 is 0 Å². The fourth-order valence-electron chi connectivity index (χ4n) is 4.51. The van der Waals surface area contributed by atoms with Crippen molar-refractivity contribution in [1.29, 1.82) is 0 Å². The summed E-state index contributed by atoms with van der Waals surface area (Å²) in [5.41, 5.74) is 3.66. The molecule has 4 rings (SSSR count). The highest BCUT2D eigenvalue weighted by Gasteiger charge is 2.23. The van der Waals surface area contributed by atoms with Crippen molar-refractivity contribution in [2.75, 3.05) is 20.2 Å². The number of hydrogen-bond donors (Lipinski definition) is 0. The van der Waals surface area contributed by atoms with Crippen molar-refractivity contribution in [1.82, 2.24) is 14.4 Å². The van der Waals surface area contributed by atoms with Crippen molar-refractivity contribution in [3.8, 4) is 5.75 Å². The molecule has 0 N–H and O–H groups in total. The second-order valence-corrected chi connectivity index (χ2v) is 9.88. The Morgan fingerprint density at radius 2 is 1.59 bits per heavy atom. The molecular weight excluding hydrogens is 510 g/mol. The topological polar surface area (TPSA) is 54.8 Å². The van der Waals surface area contributed by atoms with E-state index in [4.69, 9.17) is 16.3 Å². The Bertz CT molecular complexity index is 1370. The first kappa shape index (κ1) is 28.0. The molecule has 0 aliphatic rings. The molecule has 2 amide bonds. The fraction of sp³-hybridized carbons (Fsp3) is 0.250. The quantitative estimate of drug-likeness (QED) is 0.211. The van der Waals surface area contributed by atoms with E-state index in [9.17, 15) is 9.59 Å². The molecule has 0 saturated heterocycles. The van der Waals surface area contributed by atoms with Gasteiger partial charge in [-0.15, -0.1) is 0 Å². The molecule has 1 heterocycles. The van der Waals surface area contributed by atoms with Gasteiger partial charge in [0.1, 0.15) is 12.3 Å². The zero-order valence-electron chi connectivity index (χ0n) is 22.4. The number of hydrogen-bond acceptors (Lipinski definition) is 3. The van der Waals surface area contributed by atoms with Crippen molar-refractivity contribution in [3.05, 3.63) is 125 Å². The van der Waals surface area contributed by atoms with Crippen LogP contribution in [0.15, 0.2) is 97.2 Å². The Balaban J connectivity index is 1.55. The van der Waals surface area contributed by atoms with E-state index < -0.39 is 0 Å². The first-order chi connectivity index (χ1) is 19.0. The lowest BCUT2D eigenvalue weighted by Gasteiger charge is -2.28. The third kappa shape index (κ3) is 7.74. The number of ether oxygens (including phenoxy) is 1. The van der Waals surface area contributed by atoms with Crippen LogP contribution in [-0.2, 0) is 24.4 Å². The van der Waals surface area contributed by atoms with Crippen LogP contribution in [0.4, 0.5) is 0 Å². The Morgan fingerprint density at radius 1 is 0.846 bits per heavy atom. The molecular formula is C32H34ClN3O3. The van der Waals surface area contributed by atoms with E-state index in [1.807, 2.05) is 78.7 Å². The smallest absolute Gasteiger partial charge is 0.254 e. The Morgan fingerprint density at radius 3 is 2.31 bits per heavy atom. The maximum absolute atomic E-state index is 13.8. The van der Waals surface area contributed by atoms with Crippen LogP contribution in [0, 0.1) is 0 Å². The Hall–Kier alpha value is -4.03. The summed E-state index contributed by atoms with van der Waals surface area (Å²) in [4.78, 5) is 30.5. The number of aromatic nitrogens is 1. The molecule has 0 bridgehead atoms. The van der Waals surface area contributed by atoms with Crippen LogP contribution < -0.4 is 4.74 Å². The number of carbonyl (C=O) groups is 2. The van der Waals surface area contributed by atoms with E-state index in [0.717, 1.165) is 29.0 Å². The summed E-state index contributed by atoms with van der Waals surface area (Å²) in [6, 6.07) is 28.7. The number of carbonyl (C=O) groups excluding carboxylic acids is 2. The molecule has 39 heavy (non-hydrogen) atoms. The van der Waals surface area contributed by atoms with Gasteiger partial charge in [-0.05, 0) is 66.1 Å². The van der Waals surface area contributed by atoms with Gasteiger partial charge in [-0.1, -0.05) is 61.0 Å². The Labute approximate surface area is 235 Å². The highest BCUT2D eigenvalue weighted by Crippen LogP contribution is 2.18. The minimum Gasteiger partial charge on any atom is -0.497 e. The third-order valence-corrected chi connectivity index (χ3v) is 6.78. The standard InChI is InChI=1S/C32H34ClN3O3/c1-3-18-35(32(38)27-14-16-28(33)17-15-27)24-31(37)36(21-25-9-5-4-6-10-25)23-29-12-8-19-34(29)22-26-11-7-13-30(20-26)39-2/h4-17,19-20H,3,18,21-24H2,1-2H3. The first-order valence-corrected chi connectivity index (χ1v) is 13.5. The number of rotatable bonds is 12. The number of nitrogens with zero attached hydrogens (tertiary/aromatic N) is 3. The van der Waals surface area contributed by atoms with Crippen LogP contribution in [0.3, 0.4) is 0 Å². The van der Waals surface area contributed by atoms with E-state index >= 15 is 0 Å². The number of methoxy groups -OCH3 is 1. The summed E-state index contributed by atoms with van der Waals surface area (Å²) < 4.78 is 7.52. The van der Waals surface area contributed by atoms with Crippen molar-refractivity contribution in [2.45, 2.75) is 33.0 Å². The zero-order chi connectivity index (χ0) is 27.6. The lowest BCUT2D eigenvalue weighted by Crippen LogP contribution is -2.43. The molecule has 1 aromatic heterocycles. The molecule has 0 spiro atoms. The van der Waals surface area contributed by atoms with Gasteiger partial charge in [-0.2, -0.15) is 0 Å². The van der Waals surface area contributed by atoms with Crippen LogP contribution >= 0.6 is 11.6 Å². The number of halogens is 1. The van der Waals surface area contributed by atoms with Gasteiger partial charge in [0.25, 0.3) is 5.91 Å². The Kier molecular flexibility index (Phi) is 9.81. The van der Waals surface area contributed by atoms with E-state index in [1.54, 1.807) is 36.3 Å². The van der Waals surface area contributed by atoms with E-state index in [1.165, 1.54) is 0 Å². The molecule has 0 saturated carbocycles. The largest absolute Gasteiger partial charge is 0.497 e. The van der Waals surface area contributed by atoms with Crippen molar-refractivity contribution in [2.24, 2.45) is 0 Å². The number of amides is 2. The van der Waals surface area contributed by atoms with Crippen molar-refractivity contribution in [3.63, 3.8) is 0 Å². The van der Waals surface area contributed by atoms with Crippen LogP contribution in [0.1, 0.15) is 40.5 Å². The van der Waals surface area contributed by atoms with Gasteiger partial charge in [0.2, 0.25) is 5.91 Å². The molecule has 7 heteroatoms. The summed E-state index contributed by atoms with van der Waals surface area (Å²) in [7, 11) is 1.66. The summed E-state index contributed by atoms with van der Waals surface area (Å²) in [5.74, 6) is 0.523. The minimum absolute atomic E-state index is 0.00126. The predicted molar refractivity (Wildman–Crippen MR) is 155 cm³/mol. The van der Waals surface area contributed by atoms with Crippen molar-refractivity contribution < 1.29 is 14.3 Å². The second-order valence-electron chi connectivity index (χ2n) is 9.45. The monoisotopic (exact) mass is 543 g/mol. The molecule has 0 fully saturated rings. The van der Waals surface area contributed by atoms with Crippen LogP contribution in [0.2, 0.25) is 5.02 Å². The molecule has 6 nitrogen and oxygen atoms in total. The van der Waals surface area contributed by atoms with Crippen LogP contribution in [-0.4, -0.2) is 46.4 Å². The summed E-state index contributed by atoms with van der Waals surface area (Å²) >= 11 is 6.01. The second kappa shape index (κ2) is 13.7. The van der Waals surface area contributed by atoms with Gasteiger partial charge in [0.15, 0.2) is 0 Å². The maximum atomic E-state index is 13.8. The fourth-order valence-corrected chi connectivity index (χ4v) is 4.63. The van der Waals surface area contributed by atoms with E-state index in [2.05, 4.69) is 10.6 Å². The molecule has 3 aromatic carbocycles. The summed E-state index contributed by atoms with van der Waals surface area (Å²) in [5, 5.41) is 0.565. The molecule has 202 valence electrons. The third-order valence-electron chi connectivity index (χ3n) is 6.53. The van der Waals surface area contributed by atoms with Gasteiger partial charge in [-0.25, -0.2) is 0 Å². The molecule has 0 aliphatic carbocycles. The van der Waals surface area contributed by atoms with Crippen LogP contribution in [0.25, 0.3) is 0 Å². The summed E-state index contributed by atoms with van der Waals surface area (Å²) in [6.07, 6.45) is 2.77. The first-order valence-electron chi connectivity index (χ1n) is 13.1. The summed E-state index contributed by atoms with van der Waals surface area (Å²) in [6.45, 7) is 4.00. The average molecular weight is 544 g/mol. The van der Waals surface area contributed by atoms with Gasteiger partial charge in [0.05, 0.1) is 13.7 Å². The highest BCUT2D eigenvalue weighted by molar-refractivity contribution is 6.30. The van der Waals surface area contributed by atoms with Gasteiger partial charge < -0.3 is 19.1 Å². The molecule has 0 aliphatic heterocycles. The average Bonchev–Trinajstić information content (AvgIpc) is 3.39. The maximum Gasteiger partial charge on any atom is 0.254 e. The van der Waals surface area contributed by atoms with E-state index in [0.29, 0.717) is 36.8 Å². The van der Waals surface area contributed by atoms with Crippen molar-refractivity contribution >= 4 is 23.4 Å². The predicted octanol–water partition coefficient (Wildman–Crippen LogP) is 6.28. The van der Waals surface area contributed by atoms with Crippen LogP contribution in [0.5, 0.6) is 5.75 Å². The SMILES string of the molecule is CCCN(CC(=O)N(Cc1ccccc1)Cc1cccn1Cc1cccc(OC)c1)C(=O)c1ccc(Cl)cc1. The molecule has 0 unspecified atom stereocenters. The lowest BCUT2D eigenvalue weighted by atomic mass is 10.1. The minimum atomic E-state index is -0.178. The van der Waals surface area contributed by atoms with Gasteiger partial charge in [-0.3, -0.25) is 9.59 Å². The lowest BCUT2D eigenvalue weighted by molar-refractivity contribution is -0.133. The zero-order valence-corrected chi connectivity index (χ0v) is 23.2. The number of benzene rings is 3. The van der Waals surface area contributed by atoms with E-state index in [-0.39, 0.29) is 18.4 Å². The molecule has 0 atom stereocenters. The highest BCUT2D eigenvalue weighted by atomic mass is 35.5. The molecule has 4 aromatic rings. The normalized spacial score (nSPS) is 10.7. The molecule has 0 radical (unpaired) electrons.